The molecule has 0 saturated carbocycles. The van der Waals surface area contributed by atoms with Crippen molar-refractivity contribution in [1.29, 1.82) is 0 Å². The smallest absolute Gasteiger partial charge is 0.267 e. The van der Waals surface area contributed by atoms with Gasteiger partial charge in [-0.05, 0) is 37.7 Å². The van der Waals surface area contributed by atoms with E-state index in [0.29, 0.717) is 19.0 Å². The maximum atomic E-state index is 12.3. The van der Waals surface area contributed by atoms with Gasteiger partial charge in [0.15, 0.2) is 0 Å². The molecule has 3 heterocycles. The summed E-state index contributed by atoms with van der Waals surface area (Å²) >= 11 is 0. The van der Waals surface area contributed by atoms with Crippen LogP contribution in [0.2, 0.25) is 0 Å². The molecule has 1 aromatic heterocycles. The first-order chi connectivity index (χ1) is 13.1. The van der Waals surface area contributed by atoms with E-state index in [1.54, 1.807) is 10.7 Å². The summed E-state index contributed by atoms with van der Waals surface area (Å²) in [7, 11) is 1.93. The van der Waals surface area contributed by atoms with Crippen LogP contribution in [0, 0.1) is 0 Å². The number of likely N-dealkylation sites (N-methyl/N-ethyl adjacent to an activating group) is 1. The van der Waals surface area contributed by atoms with Crippen molar-refractivity contribution in [3.63, 3.8) is 0 Å². The zero-order valence-corrected chi connectivity index (χ0v) is 16.4. The lowest BCUT2D eigenvalue weighted by Crippen LogP contribution is -2.50. The normalized spacial score (nSPS) is 24.4. The monoisotopic (exact) mass is 373 g/mol. The van der Waals surface area contributed by atoms with E-state index in [-0.39, 0.29) is 11.5 Å². The number of carbonyl (C=O) groups is 1. The molecular weight excluding hydrogens is 342 g/mol. The highest BCUT2D eigenvalue weighted by Gasteiger charge is 2.30. The Morgan fingerprint density at radius 3 is 2.48 bits per heavy atom. The molecule has 7 heteroatoms. The first-order valence-electron chi connectivity index (χ1n) is 10.4. The third-order valence-corrected chi connectivity index (χ3v) is 6.47. The Labute approximate surface area is 160 Å². The van der Waals surface area contributed by atoms with Gasteiger partial charge in [-0.2, -0.15) is 5.10 Å². The number of rotatable bonds is 5. The van der Waals surface area contributed by atoms with Crippen molar-refractivity contribution in [2.75, 3.05) is 46.3 Å². The van der Waals surface area contributed by atoms with E-state index in [1.807, 2.05) is 11.9 Å². The van der Waals surface area contributed by atoms with E-state index in [2.05, 4.69) is 14.9 Å². The summed E-state index contributed by atoms with van der Waals surface area (Å²) in [5.41, 5.74) is 2.33. The highest BCUT2D eigenvalue weighted by molar-refractivity contribution is 5.78. The fraction of sp³-hybridized carbons (Fsp3) is 0.750. The summed E-state index contributed by atoms with van der Waals surface area (Å²) in [6.45, 7) is 6.64. The van der Waals surface area contributed by atoms with E-state index < -0.39 is 0 Å². The van der Waals surface area contributed by atoms with Crippen molar-refractivity contribution in [2.45, 2.75) is 51.1 Å². The molecule has 1 amide bonds. The number of hydrogen-bond acceptors (Lipinski definition) is 5. The average Bonchev–Trinajstić information content (AvgIpc) is 2.99. The summed E-state index contributed by atoms with van der Waals surface area (Å²) in [6, 6.07) is 2.18. The van der Waals surface area contributed by atoms with E-state index in [4.69, 9.17) is 0 Å². The van der Waals surface area contributed by atoms with Gasteiger partial charge in [0.05, 0.1) is 12.2 Å². The van der Waals surface area contributed by atoms with Gasteiger partial charge in [-0.25, -0.2) is 4.68 Å². The average molecular weight is 374 g/mol. The molecule has 0 bridgehead atoms. The maximum absolute atomic E-state index is 12.3. The molecule has 2 aliphatic heterocycles. The Morgan fingerprint density at radius 1 is 1.00 bits per heavy atom. The number of aromatic nitrogens is 2. The van der Waals surface area contributed by atoms with Gasteiger partial charge in [0.25, 0.3) is 5.56 Å². The van der Waals surface area contributed by atoms with Crippen LogP contribution in [0.4, 0.5) is 0 Å². The highest BCUT2D eigenvalue weighted by Crippen LogP contribution is 2.18. The number of likely N-dealkylation sites (tertiary alicyclic amines) is 1. The maximum Gasteiger partial charge on any atom is 0.267 e. The Bertz CT molecular complexity index is 738. The van der Waals surface area contributed by atoms with Gasteiger partial charge in [0, 0.05) is 64.8 Å². The Balaban J connectivity index is 1.25. The van der Waals surface area contributed by atoms with E-state index in [9.17, 15) is 9.59 Å². The summed E-state index contributed by atoms with van der Waals surface area (Å²) in [5, 5.41) is 4.63. The quantitative estimate of drug-likeness (QED) is 0.746. The molecule has 0 spiro atoms. The van der Waals surface area contributed by atoms with Crippen molar-refractivity contribution in [1.82, 2.24) is 24.5 Å². The predicted octanol–water partition coefficient (Wildman–Crippen LogP) is 0.361. The van der Waals surface area contributed by atoms with Crippen molar-refractivity contribution in [3.8, 4) is 0 Å². The number of fused-ring (bicyclic) bond motifs is 1. The summed E-state index contributed by atoms with van der Waals surface area (Å²) in [5.74, 6) is 0.279. The molecule has 3 aliphatic rings. The van der Waals surface area contributed by atoms with E-state index in [1.165, 1.54) is 12.8 Å². The minimum atomic E-state index is 0.0447. The first-order valence-corrected chi connectivity index (χ1v) is 10.4. The van der Waals surface area contributed by atoms with Crippen LogP contribution in [0.1, 0.15) is 36.9 Å². The minimum absolute atomic E-state index is 0.0447. The van der Waals surface area contributed by atoms with Gasteiger partial charge >= 0.3 is 0 Å². The van der Waals surface area contributed by atoms with Crippen LogP contribution in [0.3, 0.4) is 0 Å². The van der Waals surface area contributed by atoms with Crippen LogP contribution in [0.25, 0.3) is 0 Å². The van der Waals surface area contributed by atoms with Crippen LogP contribution < -0.4 is 5.56 Å². The number of carbonyl (C=O) groups excluding carboxylic acids is 1. The number of amides is 1. The Hall–Kier alpha value is -1.73. The van der Waals surface area contributed by atoms with Gasteiger partial charge in [-0.15, -0.1) is 0 Å². The summed E-state index contributed by atoms with van der Waals surface area (Å²) < 4.78 is 1.66. The zero-order chi connectivity index (χ0) is 18.8. The second kappa shape index (κ2) is 8.10. The molecule has 7 nitrogen and oxygen atoms in total. The van der Waals surface area contributed by atoms with Gasteiger partial charge < -0.3 is 4.90 Å². The second-order valence-electron chi connectivity index (χ2n) is 8.22. The van der Waals surface area contributed by atoms with Crippen LogP contribution >= 0.6 is 0 Å². The third-order valence-electron chi connectivity index (χ3n) is 6.47. The molecule has 148 valence electrons. The molecule has 0 radical (unpaired) electrons. The minimum Gasteiger partial charge on any atom is -0.341 e. The lowest BCUT2D eigenvalue weighted by Gasteiger charge is -2.36. The molecular formula is C20H31N5O2. The van der Waals surface area contributed by atoms with Crippen molar-refractivity contribution < 1.29 is 4.79 Å². The van der Waals surface area contributed by atoms with Crippen molar-refractivity contribution >= 4 is 5.91 Å². The van der Waals surface area contributed by atoms with Gasteiger partial charge in [0.2, 0.25) is 5.91 Å². The lowest BCUT2D eigenvalue weighted by molar-refractivity contribution is -0.127. The van der Waals surface area contributed by atoms with Gasteiger partial charge in [-0.3, -0.25) is 19.4 Å². The molecule has 1 atom stereocenters. The van der Waals surface area contributed by atoms with Gasteiger partial charge in [-0.1, -0.05) is 0 Å². The first kappa shape index (κ1) is 18.6. The molecule has 27 heavy (non-hydrogen) atoms. The number of piperazine rings is 1. The van der Waals surface area contributed by atoms with Crippen LogP contribution in [-0.2, 0) is 24.2 Å². The molecule has 1 unspecified atom stereocenters. The molecule has 4 rings (SSSR count). The molecule has 0 aromatic carbocycles. The fourth-order valence-electron chi connectivity index (χ4n) is 4.57. The third kappa shape index (κ3) is 4.24. The van der Waals surface area contributed by atoms with E-state index >= 15 is 0 Å². The number of hydrogen-bond donors (Lipinski definition) is 0. The SMILES string of the molecule is CN1C(=O)CCC1CN1CCN(CCn2nc3c(cc2=O)CCCC3)CC1. The molecule has 0 N–H and O–H groups in total. The standard InChI is InChI=1S/C20H31N5O2/c1-22-17(6-7-19(22)26)15-24-10-8-23(9-11-24)12-13-25-20(27)14-16-4-2-3-5-18(16)21-25/h14,17H,2-13,15H2,1H3. The van der Waals surface area contributed by atoms with E-state index in [0.717, 1.165) is 69.8 Å². The molecule has 2 fully saturated rings. The Kier molecular flexibility index (Phi) is 5.59. The van der Waals surface area contributed by atoms with Crippen LogP contribution in [0.5, 0.6) is 0 Å². The largest absolute Gasteiger partial charge is 0.341 e. The summed E-state index contributed by atoms with van der Waals surface area (Å²) in [4.78, 5) is 30.8. The predicted molar refractivity (Wildman–Crippen MR) is 104 cm³/mol. The molecule has 1 aromatic rings. The second-order valence-corrected chi connectivity index (χ2v) is 8.22. The van der Waals surface area contributed by atoms with Crippen molar-refractivity contribution in [2.24, 2.45) is 0 Å². The highest BCUT2D eigenvalue weighted by atomic mass is 16.2. The zero-order valence-electron chi connectivity index (χ0n) is 16.4. The Morgan fingerprint density at radius 2 is 1.74 bits per heavy atom. The lowest BCUT2D eigenvalue weighted by atomic mass is 9.97. The fourth-order valence-corrected chi connectivity index (χ4v) is 4.57. The summed E-state index contributed by atoms with van der Waals surface area (Å²) in [6.07, 6.45) is 6.05. The topological polar surface area (TPSA) is 61.7 Å². The van der Waals surface area contributed by atoms with Crippen molar-refractivity contribution in [3.05, 3.63) is 27.7 Å². The van der Waals surface area contributed by atoms with Crippen LogP contribution in [0.15, 0.2) is 10.9 Å². The molecule has 1 aliphatic carbocycles. The number of nitrogens with zero attached hydrogens (tertiary/aromatic N) is 5. The van der Waals surface area contributed by atoms with Crippen LogP contribution in [-0.4, -0.2) is 82.7 Å². The van der Waals surface area contributed by atoms with Gasteiger partial charge in [0.1, 0.15) is 0 Å². The molecule has 2 saturated heterocycles. The number of aryl methyl sites for hydroxylation is 2.